The van der Waals surface area contributed by atoms with Gasteiger partial charge < -0.3 is 4.90 Å². The van der Waals surface area contributed by atoms with Gasteiger partial charge >= 0.3 is 6.18 Å². The van der Waals surface area contributed by atoms with E-state index in [9.17, 15) is 18.0 Å². The van der Waals surface area contributed by atoms with Gasteiger partial charge in [0.2, 0.25) is 5.82 Å². The third-order valence-electron chi connectivity index (χ3n) is 5.78. The summed E-state index contributed by atoms with van der Waals surface area (Å²) in [6.45, 7) is 3.55. The first-order valence-electron chi connectivity index (χ1n) is 9.16. The number of amides is 1. The number of carbonyl (C=O) groups excluding carboxylic acids is 1. The number of halogens is 3. The highest BCUT2D eigenvalue weighted by atomic mass is 19.4. The first-order valence-corrected chi connectivity index (χ1v) is 9.16. The van der Waals surface area contributed by atoms with E-state index >= 15 is 0 Å². The lowest BCUT2D eigenvalue weighted by Gasteiger charge is -2.25. The zero-order chi connectivity index (χ0) is 19.3. The predicted molar refractivity (Wildman–Crippen MR) is 92.3 cm³/mol. The van der Waals surface area contributed by atoms with Crippen LogP contribution in [-0.4, -0.2) is 44.3 Å². The minimum absolute atomic E-state index is 0.00726. The van der Waals surface area contributed by atoms with Gasteiger partial charge in [0, 0.05) is 18.5 Å². The summed E-state index contributed by atoms with van der Waals surface area (Å²) < 4.78 is 41.1. The maximum atomic E-state index is 13.1. The Hall–Kier alpha value is -2.38. The molecule has 0 unspecified atom stereocenters. The zero-order valence-electron chi connectivity index (χ0n) is 15.1. The van der Waals surface area contributed by atoms with Gasteiger partial charge in [0.25, 0.3) is 5.91 Å². The number of rotatable bonds is 2. The summed E-state index contributed by atoms with van der Waals surface area (Å²) in [5.74, 6) is -1.18. The van der Waals surface area contributed by atoms with Crippen molar-refractivity contribution >= 4 is 5.91 Å². The van der Waals surface area contributed by atoms with E-state index in [0.29, 0.717) is 5.82 Å². The maximum Gasteiger partial charge on any atom is 0.393 e. The Morgan fingerprint density at radius 1 is 1.19 bits per heavy atom. The van der Waals surface area contributed by atoms with Gasteiger partial charge in [0.05, 0.1) is 12.0 Å². The number of alkyl halides is 3. The molecule has 1 aromatic heterocycles. The molecule has 0 N–H and O–H groups in total. The quantitative estimate of drug-likeness (QED) is 0.799. The van der Waals surface area contributed by atoms with Crippen LogP contribution in [-0.2, 0) is 0 Å². The standard InChI is InChI=1S/C19H21F3N4O/c1-11-10-15(13-6-4-3-5-7-13)26-17(11)23-16(24-26)18(27)25-9-8-14(12(25)2)19(20,21)22/h3-7,11-12,14-15H,8-10H2,1-2H3/t11-,12-,14-,15-/m0/s1. The minimum atomic E-state index is -4.30. The second kappa shape index (κ2) is 6.35. The lowest BCUT2D eigenvalue weighted by atomic mass is 10.0. The van der Waals surface area contributed by atoms with Crippen molar-refractivity contribution in [2.45, 2.75) is 50.9 Å². The fraction of sp³-hybridized carbons (Fsp3) is 0.526. The minimum Gasteiger partial charge on any atom is -0.333 e. The van der Waals surface area contributed by atoms with E-state index in [2.05, 4.69) is 10.1 Å². The van der Waals surface area contributed by atoms with Crippen LogP contribution in [0.1, 0.15) is 60.7 Å². The van der Waals surface area contributed by atoms with Crippen LogP contribution in [0.3, 0.4) is 0 Å². The number of carbonyl (C=O) groups is 1. The number of hydrogen-bond acceptors (Lipinski definition) is 3. The summed E-state index contributed by atoms with van der Waals surface area (Å²) in [7, 11) is 0. The highest BCUT2D eigenvalue weighted by Gasteiger charge is 2.50. The van der Waals surface area contributed by atoms with Crippen LogP contribution in [0.5, 0.6) is 0 Å². The van der Waals surface area contributed by atoms with Crippen molar-refractivity contribution in [1.29, 1.82) is 0 Å². The molecule has 1 amide bonds. The molecule has 0 saturated carbocycles. The third-order valence-corrected chi connectivity index (χ3v) is 5.78. The number of benzene rings is 1. The average Bonchev–Trinajstić information content (AvgIpc) is 3.29. The Kier molecular flexibility index (Phi) is 4.24. The molecule has 27 heavy (non-hydrogen) atoms. The summed E-state index contributed by atoms with van der Waals surface area (Å²) in [5, 5.41) is 4.40. The zero-order valence-corrected chi connectivity index (χ0v) is 15.1. The smallest absolute Gasteiger partial charge is 0.333 e. The van der Waals surface area contributed by atoms with Crippen molar-refractivity contribution in [2.24, 2.45) is 5.92 Å². The average molecular weight is 378 g/mol. The van der Waals surface area contributed by atoms with Gasteiger partial charge in [0.15, 0.2) is 0 Å². The Balaban J connectivity index is 1.60. The van der Waals surface area contributed by atoms with Crippen LogP contribution < -0.4 is 0 Å². The van der Waals surface area contributed by atoms with Gasteiger partial charge in [-0.1, -0.05) is 37.3 Å². The topological polar surface area (TPSA) is 51.0 Å². The Bertz CT molecular complexity index is 848. The SMILES string of the molecule is C[C@H]1C[C@@H](c2ccccc2)n2nc(C(=O)N3CC[C@H](C(F)(F)F)[C@@H]3C)nc21. The normalized spacial score (nSPS) is 27.8. The van der Waals surface area contributed by atoms with Gasteiger partial charge in [-0.05, 0) is 25.3 Å². The van der Waals surface area contributed by atoms with Crippen molar-refractivity contribution in [2.75, 3.05) is 6.54 Å². The molecule has 1 fully saturated rings. The van der Waals surface area contributed by atoms with Gasteiger partial charge in [-0.25, -0.2) is 9.67 Å². The predicted octanol–water partition coefficient (Wildman–Crippen LogP) is 3.79. The molecule has 0 bridgehead atoms. The van der Waals surface area contributed by atoms with Gasteiger partial charge in [-0.3, -0.25) is 4.79 Å². The fourth-order valence-corrected chi connectivity index (χ4v) is 4.28. The molecule has 1 saturated heterocycles. The first kappa shape index (κ1) is 18.0. The Labute approximate surface area is 155 Å². The van der Waals surface area contributed by atoms with E-state index in [4.69, 9.17) is 0 Å². The number of nitrogens with zero attached hydrogens (tertiary/aromatic N) is 4. The number of likely N-dealkylation sites (tertiary alicyclic amines) is 1. The second-order valence-corrected chi connectivity index (χ2v) is 7.48. The molecular formula is C19H21F3N4O. The van der Waals surface area contributed by atoms with Crippen molar-refractivity contribution in [1.82, 2.24) is 19.7 Å². The summed E-state index contributed by atoms with van der Waals surface area (Å²) >= 11 is 0. The van der Waals surface area contributed by atoms with Gasteiger partial charge in [-0.2, -0.15) is 13.2 Å². The molecule has 2 aliphatic rings. The van der Waals surface area contributed by atoms with Gasteiger partial charge in [0.1, 0.15) is 5.82 Å². The van der Waals surface area contributed by atoms with E-state index in [-0.39, 0.29) is 30.7 Å². The molecule has 1 aromatic carbocycles. The molecule has 3 heterocycles. The molecule has 0 spiro atoms. The first-order chi connectivity index (χ1) is 12.8. The van der Waals surface area contributed by atoms with Crippen LogP contribution in [0.4, 0.5) is 13.2 Å². The third kappa shape index (κ3) is 3.00. The molecule has 2 aromatic rings. The van der Waals surface area contributed by atoms with Crippen LogP contribution >= 0.6 is 0 Å². The molecular weight excluding hydrogens is 357 g/mol. The van der Waals surface area contributed by atoms with Crippen LogP contribution in [0.2, 0.25) is 0 Å². The van der Waals surface area contributed by atoms with E-state index in [1.807, 2.05) is 37.3 Å². The highest BCUT2D eigenvalue weighted by Crippen LogP contribution is 2.40. The van der Waals surface area contributed by atoms with E-state index in [0.717, 1.165) is 12.0 Å². The Morgan fingerprint density at radius 3 is 2.52 bits per heavy atom. The summed E-state index contributed by atoms with van der Waals surface area (Å²) in [5.41, 5.74) is 1.08. The molecule has 5 nitrogen and oxygen atoms in total. The second-order valence-electron chi connectivity index (χ2n) is 7.48. The van der Waals surface area contributed by atoms with Crippen molar-refractivity contribution in [3.63, 3.8) is 0 Å². The monoisotopic (exact) mass is 378 g/mol. The molecule has 144 valence electrons. The molecule has 0 aliphatic carbocycles. The maximum absolute atomic E-state index is 13.1. The number of hydrogen-bond donors (Lipinski definition) is 0. The van der Waals surface area contributed by atoms with E-state index < -0.39 is 24.0 Å². The summed E-state index contributed by atoms with van der Waals surface area (Å²) in [6.07, 6.45) is -3.54. The van der Waals surface area contributed by atoms with Crippen molar-refractivity contribution in [3.05, 3.63) is 47.5 Å². The Morgan fingerprint density at radius 2 is 1.89 bits per heavy atom. The molecule has 8 heteroatoms. The van der Waals surface area contributed by atoms with Crippen LogP contribution in [0, 0.1) is 5.92 Å². The van der Waals surface area contributed by atoms with Crippen molar-refractivity contribution < 1.29 is 18.0 Å². The van der Waals surface area contributed by atoms with E-state index in [1.54, 1.807) is 4.68 Å². The summed E-state index contributed by atoms with van der Waals surface area (Å²) in [6, 6.07) is 8.93. The molecule has 2 aliphatic heterocycles. The highest BCUT2D eigenvalue weighted by molar-refractivity contribution is 5.91. The van der Waals surface area contributed by atoms with Crippen molar-refractivity contribution in [3.8, 4) is 0 Å². The van der Waals surface area contributed by atoms with Crippen LogP contribution in [0.25, 0.3) is 0 Å². The number of fused-ring (bicyclic) bond motifs is 1. The van der Waals surface area contributed by atoms with E-state index in [1.165, 1.54) is 11.8 Å². The fourth-order valence-electron chi connectivity index (χ4n) is 4.28. The van der Waals surface area contributed by atoms with Gasteiger partial charge in [-0.15, -0.1) is 5.10 Å². The lowest BCUT2D eigenvalue weighted by Crippen LogP contribution is -2.40. The number of aromatic nitrogens is 3. The summed E-state index contributed by atoms with van der Waals surface area (Å²) in [4.78, 5) is 18.5. The molecule has 0 radical (unpaired) electrons. The van der Waals surface area contributed by atoms with Crippen LogP contribution in [0.15, 0.2) is 30.3 Å². The largest absolute Gasteiger partial charge is 0.393 e. The molecule has 4 atom stereocenters. The lowest BCUT2D eigenvalue weighted by molar-refractivity contribution is -0.177. The molecule has 4 rings (SSSR count).